The van der Waals surface area contributed by atoms with E-state index in [9.17, 15) is 0 Å². The Morgan fingerprint density at radius 2 is 1.90 bits per heavy atom. The predicted octanol–water partition coefficient (Wildman–Crippen LogP) is 2.91. The van der Waals surface area contributed by atoms with Crippen molar-refractivity contribution in [1.82, 2.24) is 10.2 Å². The van der Waals surface area contributed by atoms with Gasteiger partial charge < -0.3 is 19.7 Å². The molecule has 0 bridgehead atoms. The third-order valence-electron chi connectivity index (χ3n) is 3.53. The number of nitrogens with zero attached hydrogens (tertiary/aromatic N) is 1. The maximum atomic E-state index is 6.02. The summed E-state index contributed by atoms with van der Waals surface area (Å²) < 4.78 is 11.5. The highest BCUT2D eigenvalue weighted by atomic mass is 16.5. The number of methoxy groups -OCH3 is 1. The van der Waals surface area contributed by atoms with E-state index in [2.05, 4.69) is 44.0 Å². The number of nitrogens with one attached hydrogen (secondary N) is 1. The van der Waals surface area contributed by atoms with E-state index in [4.69, 9.17) is 9.47 Å². The fourth-order valence-electron chi connectivity index (χ4n) is 2.16. The maximum Gasteiger partial charge on any atom is 0.165 e. The van der Waals surface area contributed by atoms with Gasteiger partial charge in [0.25, 0.3) is 0 Å². The topological polar surface area (TPSA) is 33.7 Å². The second-order valence-corrected chi connectivity index (χ2v) is 5.36. The predicted molar refractivity (Wildman–Crippen MR) is 88.3 cm³/mol. The summed E-state index contributed by atoms with van der Waals surface area (Å²) in [5, 5.41) is 3.43. The summed E-state index contributed by atoms with van der Waals surface area (Å²) in [5.74, 6) is 1.66. The standard InChI is InChI=1S/C17H30N2O2/c1-6-19(7-2)11-12-21-17-15(13-18-14(3)4)9-8-10-16(17)20-5/h8-10,14,18H,6-7,11-13H2,1-5H3. The van der Waals surface area contributed by atoms with Gasteiger partial charge in [-0.25, -0.2) is 0 Å². The van der Waals surface area contributed by atoms with Gasteiger partial charge in [0, 0.05) is 24.7 Å². The first-order valence-electron chi connectivity index (χ1n) is 7.86. The molecule has 1 aromatic rings. The zero-order valence-electron chi connectivity index (χ0n) is 14.1. The highest BCUT2D eigenvalue weighted by molar-refractivity contribution is 5.46. The van der Waals surface area contributed by atoms with Crippen LogP contribution >= 0.6 is 0 Å². The van der Waals surface area contributed by atoms with Crippen LogP contribution in [0.5, 0.6) is 11.5 Å². The van der Waals surface area contributed by atoms with E-state index in [1.165, 1.54) is 0 Å². The normalized spacial score (nSPS) is 11.2. The molecule has 0 aromatic heterocycles. The molecule has 0 unspecified atom stereocenters. The minimum atomic E-state index is 0.444. The molecule has 120 valence electrons. The molecule has 0 fully saturated rings. The van der Waals surface area contributed by atoms with Crippen LogP contribution in [0.15, 0.2) is 18.2 Å². The van der Waals surface area contributed by atoms with E-state index in [0.29, 0.717) is 12.6 Å². The monoisotopic (exact) mass is 294 g/mol. The third kappa shape index (κ3) is 5.94. The zero-order valence-corrected chi connectivity index (χ0v) is 14.1. The Morgan fingerprint density at radius 1 is 1.19 bits per heavy atom. The van der Waals surface area contributed by atoms with Gasteiger partial charge in [-0.15, -0.1) is 0 Å². The van der Waals surface area contributed by atoms with Crippen LogP contribution < -0.4 is 14.8 Å². The Morgan fingerprint density at radius 3 is 2.48 bits per heavy atom. The van der Waals surface area contributed by atoms with Crippen molar-refractivity contribution in [2.75, 3.05) is 33.4 Å². The van der Waals surface area contributed by atoms with E-state index in [1.807, 2.05) is 12.1 Å². The number of hydrogen-bond donors (Lipinski definition) is 1. The number of para-hydroxylation sites is 1. The molecule has 0 radical (unpaired) electrons. The largest absolute Gasteiger partial charge is 0.493 e. The van der Waals surface area contributed by atoms with Gasteiger partial charge in [0.15, 0.2) is 11.5 Å². The number of likely N-dealkylation sites (N-methyl/N-ethyl adjacent to an activating group) is 1. The Balaban J connectivity index is 2.72. The quantitative estimate of drug-likeness (QED) is 0.719. The van der Waals surface area contributed by atoms with Gasteiger partial charge in [-0.1, -0.05) is 39.8 Å². The molecular weight excluding hydrogens is 264 g/mol. The lowest BCUT2D eigenvalue weighted by atomic mass is 10.1. The molecule has 0 saturated heterocycles. The molecule has 0 aliphatic rings. The smallest absolute Gasteiger partial charge is 0.165 e. The number of rotatable bonds is 10. The van der Waals surface area contributed by atoms with Gasteiger partial charge >= 0.3 is 0 Å². The molecule has 0 aliphatic carbocycles. The molecule has 0 saturated carbocycles. The summed E-state index contributed by atoms with van der Waals surface area (Å²) in [4.78, 5) is 2.35. The van der Waals surface area contributed by atoms with Crippen molar-refractivity contribution in [2.45, 2.75) is 40.3 Å². The van der Waals surface area contributed by atoms with Crippen LogP contribution in [0.2, 0.25) is 0 Å². The van der Waals surface area contributed by atoms with Gasteiger partial charge in [-0.2, -0.15) is 0 Å². The van der Waals surface area contributed by atoms with Crippen molar-refractivity contribution in [2.24, 2.45) is 0 Å². The van der Waals surface area contributed by atoms with Crippen LogP contribution in [-0.4, -0.2) is 44.3 Å². The summed E-state index contributed by atoms with van der Waals surface area (Å²) in [6.07, 6.45) is 0. The average molecular weight is 294 g/mol. The van der Waals surface area contributed by atoms with Crippen molar-refractivity contribution in [3.63, 3.8) is 0 Å². The summed E-state index contributed by atoms with van der Waals surface area (Å²) in [6, 6.07) is 6.49. The van der Waals surface area contributed by atoms with E-state index in [1.54, 1.807) is 7.11 Å². The van der Waals surface area contributed by atoms with Crippen LogP contribution in [-0.2, 0) is 6.54 Å². The lowest BCUT2D eigenvalue weighted by Gasteiger charge is -2.20. The van der Waals surface area contributed by atoms with Crippen molar-refractivity contribution >= 4 is 0 Å². The molecule has 4 nitrogen and oxygen atoms in total. The SMILES string of the molecule is CCN(CC)CCOc1c(CNC(C)C)cccc1OC. The van der Waals surface area contributed by atoms with Crippen molar-refractivity contribution in [1.29, 1.82) is 0 Å². The molecule has 0 aliphatic heterocycles. The minimum absolute atomic E-state index is 0.444. The van der Waals surface area contributed by atoms with Crippen molar-refractivity contribution in [3.8, 4) is 11.5 Å². The molecule has 0 spiro atoms. The Labute approximate surface area is 129 Å². The van der Waals surface area contributed by atoms with E-state index in [0.717, 1.165) is 43.2 Å². The Kier molecular flexibility index (Phi) is 8.16. The van der Waals surface area contributed by atoms with Crippen LogP contribution in [0.3, 0.4) is 0 Å². The lowest BCUT2D eigenvalue weighted by molar-refractivity contribution is 0.215. The molecular formula is C17H30N2O2. The van der Waals surface area contributed by atoms with Crippen molar-refractivity contribution < 1.29 is 9.47 Å². The Hall–Kier alpha value is -1.26. The van der Waals surface area contributed by atoms with E-state index >= 15 is 0 Å². The number of ether oxygens (including phenoxy) is 2. The van der Waals surface area contributed by atoms with Gasteiger partial charge in [0.1, 0.15) is 6.61 Å². The second kappa shape index (κ2) is 9.64. The van der Waals surface area contributed by atoms with Gasteiger partial charge in [-0.05, 0) is 19.2 Å². The Bertz CT molecular complexity index is 404. The maximum absolute atomic E-state index is 6.02. The first-order chi connectivity index (χ1) is 10.1. The molecule has 4 heteroatoms. The molecule has 1 aromatic carbocycles. The first kappa shape index (κ1) is 17.8. The fraction of sp³-hybridized carbons (Fsp3) is 0.647. The average Bonchev–Trinajstić information content (AvgIpc) is 2.49. The van der Waals surface area contributed by atoms with Crippen molar-refractivity contribution in [3.05, 3.63) is 23.8 Å². The van der Waals surface area contributed by atoms with Gasteiger partial charge in [0.2, 0.25) is 0 Å². The van der Waals surface area contributed by atoms with E-state index in [-0.39, 0.29) is 0 Å². The zero-order chi connectivity index (χ0) is 15.7. The van der Waals surface area contributed by atoms with Crippen LogP contribution in [0.4, 0.5) is 0 Å². The summed E-state index contributed by atoms with van der Waals surface area (Å²) in [5.41, 5.74) is 1.14. The van der Waals surface area contributed by atoms with Gasteiger partial charge in [-0.3, -0.25) is 0 Å². The summed E-state index contributed by atoms with van der Waals surface area (Å²) in [6.45, 7) is 13.1. The molecule has 0 heterocycles. The number of benzene rings is 1. The molecule has 0 atom stereocenters. The molecule has 1 N–H and O–H groups in total. The second-order valence-electron chi connectivity index (χ2n) is 5.36. The first-order valence-corrected chi connectivity index (χ1v) is 7.86. The fourth-order valence-corrected chi connectivity index (χ4v) is 2.16. The molecule has 21 heavy (non-hydrogen) atoms. The molecule has 0 amide bonds. The van der Waals surface area contributed by atoms with Crippen LogP contribution in [0.1, 0.15) is 33.3 Å². The third-order valence-corrected chi connectivity index (χ3v) is 3.53. The minimum Gasteiger partial charge on any atom is -0.493 e. The summed E-state index contributed by atoms with van der Waals surface area (Å²) in [7, 11) is 1.69. The highest BCUT2D eigenvalue weighted by Gasteiger charge is 2.11. The lowest BCUT2D eigenvalue weighted by Crippen LogP contribution is -2.28. The van der Waals surface area contributed by atoms with Gasteiger partial charge in [0.05, 0.1) is 7.11 Å². The summed E-state index contributed by atoms with van der Waals surface area (Å²) >= 11 is 0. The van der Waals surface area contributed by atoms with Crippen LogP contribution in [0, 0.1) is 0 Å². The highest BCUT2D eigenvalue weighted by Crippen LogP contribution is 2.31. The van der Waals surface area contributed by atoms with Crippen LogP contribution in [0.25, 0.3) is 0 Å². The number of hydrogen-bond acceptors (Lipinski definition) is 4. The van der Waals surface area contributed by atoms with E-state index < -0.39 is 0 Å². The molecule has 1 rings (SSSR count).